The first-order valence-corrected chi connectivity index (χ1v) is 13.1. The summed E-state index contributed by atoms with van der Waals surface area (Å²) in [4.78, 5) is 0. The standard InChI is InChI=1S/C35H22N2O/c1-2-11-22(10-1)36-28-16-6-3-12-23(28)25-20-21-30-33(34(25)36)27-14-4-7-17-29(27)37(30)31-18-9-15-26-24-13-5-8-19-32(24)38-35(26)31/h1-22H. The number of rotatable bonds is 2. The molecule has 1 aliphatic carbocycles. The highest BCUT2D eigenvalue weighted by atomic mass is 16.3. The molecule has 3 nitrogen and oxygen atoms in total. The Bertz CT molecular complexity index is 2290. The second kappa shape index (κ2) is 7.27. The van der Waals surface area contributed by atoms with Crippen molar-refractivity contribution in [1.29, 1.82) is 0 Å². The van der Waals surface area contributed by atoms with Gasteiger partial charge in [0, 0.05) is 37.8 Å². The lowest BCUT2D eigenvalue weighted by atomic mass is 10.1. The van der Waals surface area contributed by atoms with E-state index >= 15 is 0 Å². The smallest absolute Gasteiger partial charge is 0.159 e. The summed E-state index contributed by atoms with van der Waals surface area (Å²) in [5, 5.41) is 7.38. The van der Waals surface area contributed by atoms with Crippen molar-refractivity contribution in [3.63, 3.8) is 0 Å². The van der Waals surface area contributed by atoms with Gasteiger partial charge in [0.05, 0.1) is 28.3 Å². The summed E-state index contributed by atoms with van der Waals surface area (Å²) in [6.07, 6.45) is 8.85. The van der Waals surface area contributed by atoms with Crippen LogP contribution in [0, 0.1) is 0 Å². The minimum atomic E-state index is 0.184. The molecule has 0 N–H and O–H groups in total. The number of nitrogens with zero attached hydrogens (tertiary/aromatic N) is 2. The molecule has 0 amide bonds. The second-order valence-corrected chi connectivity index (χ2v) is 10.1. The Labute approximate surface area is 218 Å². The van der Waals surface area contributed by atoms with Crippen LogP contribution in [0.2, 0.25) is 0 Å². The zero-order valence-corrected chi connectivity index (χ0v) is 20.5. The van der Waals surface area contributed by atoms with E-state index in [4.69, 9.17) is 4.42 Å². The number of aromatic nitrogens is 2. The van der Waals surface area contributed by atoms with Crippen molar-refractivity contribution in [3.8, 4) is 5.69 Å². The first-order valence-electron chi connectivity index (χ1n) is 13.1. The molecule has 5 aromatic carbocycles. The predicted molar refractivity (Wildman–Crippen MR) is 158 cm³/mol. The summed E-state index contributed by atoms with van der Waals surface area (Å²) in [7, 11) is 0. The van der Waals surface area contributed by atoms with E-state index in [-0.39, 0.29) is 6.04 Å². The topological polar surface area (TPSA) is 23.0 Å². The van der Waals surface area contributed by atoms with E-state index in [0.29, 0.717) is 0 Å². The number of allylic oxidation sites excluding steroid dienone is 4. The molecule has 38 heavy (non-hydrogen) atoms. The van der Waals surface area contributed by atoms with Crippen molar-refractivity contribution >= 4 is 65.6 Å². The molecule has 0 atom stereocenters. The number of para-hydroxylation sites is 4. The fourth-order valence-corrected chi connectivity index (χ4v) is 6.61. The lowest BCUT2D eigenvalue weighted by Gasteiger charge is -2.13. The normalized spacial score (nSPS) is 14.0. The van der Waals surface area contributed by atoms with E-state index in [1.54, 1.807) is 0 Å². The summed E-state index contributed by atoms with van der Waals surface area (Å²) in [6, 6.07) is 37.1. The molecule has 0 spiro atoms. The minimum Gasteiger partial charge on any atom is -0.454 e. The van der Waals surface area contributed by atoms with Gasteiger partial charge in [-0.2, -0.15) is 0 Å². The molecule has 0 radical (unpaired) electrons. The summed E-state index contributed by atoms with van der Waals surface area (Å²) < 4.78 is 11.4. The maximum Gasteiger partial charge on any atom is 0.159 e. The molecule has 0 unspecified atom stereocenters. The Kier molecular flexibility index (Phi) is 3.84. The van der Waals surface area contributed by atoms with Crippen LogP contribution in [0.4, 0.5) is 0 Å². The second-order valence-electron chi connectivity index (χ2n) is 10.1. The SMILES string of the molecule is C1=CC(n2c3ccccc3c3ccc4c(c5ccccc5n4-c4cccc5c4oc4ccccc45)c32)C=C1. The van der Waals surface area contributed by atoms with E-state index in [1.807, 2.05) is 6.07 Å². The van der Waals surface area contributed by atoms with Crippen LogP contribution in [-0.2, 0) is 0 Å². The maximum atomic E-state index is 6.50. The Balaban J connectivity index is 1.50. The molecule has 0 saturated carbocycles. The van der Waals surface area contributed by atoms with Crippen molar-refractivity contribution in [2.75, 3.05) is 0 Å². The van der Waals surface area contributed by atoms with Crippen molar-refractivity contribution in [3.05, 3.63) is 127 Å². The highest BCUT2D eigenvalue weighted by molar-refractivity contribution is 6.26. The predicted octanol–water partition coefficient (Wildman–Crippen LogP) is 9.46. The summed E-state index contributed by atoms with van der Waals surface area (Å²) in [5.74, 6) is 0. The molecule has 8 aromatic rings. The molecular weight excluding hydrogens is 464 g/mol. The van der Waals surface area contributed by atoms with Crippen LogP contribution < -0.4 is 0 Å². The average Bonchev–Trinajstić information content (AvgIpc) is 3.74. The molecule has 3 heteroatoms. The van der Waals surface area contributed by atoms with Crippen LogP contribution in [0.3, 0.4) is 0 Å². The molecule has 3 aromatic heterocycles. The fraction of sp³-hybridized carbons (Fsp3) is 0.0286. The van der Waals surface area contributed by atoms with Crippen LogP contribution >= 0.6 is 0 Å². The molecule has 178 valence electrons. The zero-order valence-electron chi connectivity index (χ0n) is 20.5. The van der Waals surface area contributed by atoms with Gasteiger partial charge in [-0.3, -0.25) is 0 Å². The van der Waals surface area contributed by atoms with Crippen molar-refractivity contribution in [2.45, 2.75) is 6.04 Å². The average molecular weight is 487 g/mol. The lowest BCUT2D eigenvalue weighted by Crippen LogP contribution is -2.02. The number of fused-ring (bicyclic) bond motifs is 10. The lowest BCUT2D eigenvalue weighted by molar-refractivity contribution is 0.666. The first kappa shape index (κ1) is 20.1. The van der Waals surface area contributed by atoms with Crippen LogP contribution in [0.1, 0.15) is 6.04 Å². The highest BCUT2D eigenvalue weighted by Gasteiger charge is 2.23. The Morgan fingerprint density at radius 1 is 0.526 bits per heavy atom. The minimum absolute atomic E-state index is 0.184. The van der Waals surface area contributed by atoms with Crippen LogP contribution in [0.5, 0.6) is 0 Å². The van der Waals surface area contributed by atoms with Gasteiger partial charge >= 0.3 is 0 Å². The molecule has 0 bridgehead atoms. The summed E-state index contributed by atoms with van der Waals surface area (Å²) in [5.41, 5.74) is 7.78. The van der Waals surface area contributed by atoms with Gasteiger partial charge < -0.3 is 13.6 Å². The first-order chi connectivity index (χ1) is 18.9. The van der Waals surface area contributed by atoms with E-state index in [1.165, 1.54) is 43.6 Å². The number of furan rings is 1. The van der Waals surface area contributed by atoms with E-state index in [2.05, 4.69) is 131 Å². The van der Waals surface area contributed by atoms with Gasteiger partial charge in [-0.1, -0.05) is 97.1 Å². The van der Waals surface area contributed by atoms with Crippen molar-refractivity contribution in [2.24, 2.45) is 0 Å². The van der Waals surface area contributed by atoms with Gasteiger partial charge in [-0.25, -0.2) is 0 Å². The largest absolute Gasteiger partial charge is 0.454 e. The monoisotopic (exact) mass is 486 g/mol. The van der Waals surface area contributed by atoms with Crippen LogP contribution in [0.25, 0.3) is 71.2 Å². The molecule has 3 heterocycles. The highest BCUT2D eigenvalue weighted by Crippen LogP contribution is 2.44. The van der Waals surface area contributed by atoms with Gasteiger partial charge in [0.2, 0.25) is 0 Å². The maximum absolute atomic E-state index is 6.50. The van der Waals surface area contributed by atoms with Crippen molar-refractivity contribution in [1.82, 2.24) is 9.13 Å². The van der Waals surface area contributed by atoms with Crippen molar-refractivity contribution < 1.29 is 4.42 Å². The fourth-order valence-electron chi connectivity index (χ4n) is 6.61. The third-order valence-electron chi connectivity index (χ3n) is 8.16. The molecular formula is C35H22N2O. The molecule has 9 rings (SSSR count). The van der Waals surface area contributed by atoms with Gasteiger partial charge in [0.1, 0.15) is 5.58 Å². The number of hydrogen-bond donors (Lipinski definition) is 0. The summed E-state index contributed by atoms with van der Waals surface area (Å²) >= 11 is 0. The van der Waals surface area contributed by atoms with E-state index in [9.17, 15) is 0 Å². The van der Waals surface area contributed by atoms with Crippen LogP contribution in [0.15, 0.2) is 132 Å². The zero-order chi connectivity index (χ0) is 24.8. The van der Waals surface area contributed by atoms with Gasteiger partial charge in [-0.15, -0.1) is 0 Å². The molecule has 0 aliphatic heterocycles. The Morgan fingerprint density at radius 2 is 1.24 bits per heavy atom. The van der Waals surface area contributed by atoms with Gasteiger partial charge in [0.25, 0.3) is 0 Å². The Morgan fingerprint density at radius 3 is 2.11 bits per heavy atom. The molecule has 0 saturated heterocycles. The van der Waals surface area contributed by atoms with Crippen LogP contribution in [-0.4, -0.2) is 9.13 Å². The van der Waals surface area contributed by atoms with Gasteiger partial charge in [0.15, 0.2) is 5.58 Å². The molecule has 1 aliphatic rings. The number of hydrogen-bond acceptors (Lipinski definition) is 1. The molecule has 0 fully saturated rings. The van der Waals surface area contributed by atoms with E-state index in [0.717, 1.165) is 27.6 Å². The number of benzene rings is 5. The summed E-state index contributed by atoms with van der Waals surface area (Å²) in [6.45, 7) is 0. The van der Waals surface area contributed by atoms with Gasteiger partial charge in [-0.05, 0) is 30.3 Å². The quantitative estimate of drug-likeness (QED) is 0.239. The third-order valence-corrected chi connectivity index (χ3v) is 8.16. The third kappa shape index (κ3) is 2.48. The van der Waals surface area contributed by atoms with E-state index < -0.39 is 0 Å². The Hall–Kier alpha value is -5.02.